The molecule has 0 radical (unpaired) electrons. The zero-order valence-corrected chi connectivity index (χ0v) is 18.1. The Hall–Kier alpha value is -3.47. The minimum Gasteiger partial charge on any atom is -0.351 e. The van der Waals surface area contributed by atoms with Gasteiger partial charge in [-0.1, -0.05) is 6.58 Å². The Morgan fingerprint density at radius 3 is 2.81 bits per heavy atom. The first-order valence-electron chi connectivity index (χ1n) is 10.6. The Morgan fingerprint density at radius 2 is 2.13 bits per heavy atom. The Kier molecular flexibility index (Phi) is 4.26. The van der Waals surface area contributed by atoms with Crippen LogP contribution in [0.4, 0.5) is 5.82 Å². The molecular weight excluding hydrogens is 390 g/mol. The van der Waals surface area contributed by atoms with Crippen LogP contribution in [0.5, 0.6) is 0 Å². The second kappa shape index (κ2) is 6.77. The molecule has 3 aromatic rings. The van der Waals surface area contributed by atoms with Crippen LogP contribution in [-0.2, 0) is 19.5 Å². The lowest BCUT2D eigenvalue weighted by Gasteiger charge is -2.31. The first-order chi connectivity index (χ1) is 14.8. The van der Waals surface area contributed by atoms with E-state index in [0.29, 0.717) is 18.9 Å². The zero-order chi connectivity index (χ0) is 21.9. The van der Waals surface area contributed by atoms with Crippen LogP contribution in [0.1, 0.15) is 47.8 Å². The average Bonchev–Trinajstić information content (AvgIpc) is 3.47. The molecule has 1 saturated carbocycles. The van der Waals surface area contributed by atoms with E-state index in [2.05, 4.69) is 33.7 Å². The minimum atomic E-state index is -0.446. The summed E-state index contributed by atoms with van der Waals surface area (Å²) < 4.78 is 2.97. The molecule has 5 rings (SSSR count). The van der Waals surface area contributed by atoms with Crippen molar-refractivity contribution in [1.82, 2.24) is 24.1 Å². The third kappa shape index (κ3) is 3.12. The quantitative estimate of drug-likeness (QED) is 0.651. The van der Waals surface area contributed by atoms with E-state index in [4.69, 9.17) is 4.98 Å². The minimum absolute atomic E-state index is 0.226. The fourth-order valence-electron chi connectivity index (χ4n) is 4.26. The fourth-order valence-corrected chi connectivity index (χ4v) is 4.26. The summed E-state index contributed by atoms with van der Waals surface area (Å²) in [6.07, 6.45) is 4.36. The second-order valence-corrected chi connectivity index (χ2v) is 8.90. The largest absolute Gasteiger partial charge is 0.351 e. The summed E-state index contributed by atoms with van der Waals surface area (Å²) in [5.74, 6) is 1.23. The predicted molar refractivity (Wildman–Crippen MR) is 118 cm³/mol. The van der Waals surface area contributed by atoms with Gasteiger partial charge < -0.3 is 4.90 Å². The summed E-state index contributed by atoms with van der Waals surface area (Å²) in [6.45, 7) is 11.8. The van der Waals surface area contributed by atoms with E-state index in [1.807, 2.05) is 27.0 Å². The maximum Gasteiger partial charge on any atom is 0.351 e. The molecule has 4 heterocycles. The van der Waals surface area contributed by atoms with E-state index < -0.39 is 5.41 Å². The normalized spacial score (nSPS) is 16.8. The van der Waals surface area contributed by atoms with E-state index in [1.54, 1.807) is 4.40 Å². The number of nitriles is 1. The molecule has 0 bridgehead atoms. The Bertz CT molecular complexity index is 1340. The predicted octanol–water partition coefficient (Wildman–Crippen LogP) is 2.80. The third-order valence-corrected chi connectivity index (χ3v) is 6.62. The Balaban J connectivity index is 1.54. The lowest BCUT2D eigenvalue weighted by Crippen LogP contribution is -2.33. The summed E-state index contributed by atoms with van der Waals surface area (Å²) in [5, 5.41) is 13.9. The van der Waals surface area contributed by atoms with E-state index in [0.717, 1.165) is 59.7 Å². The number of hydrogen-bond acceptors (Lipinski definition) is 6. The number of hydrogen-bond donors (Lipinski definition) is 0. The van der Waals surface area contributed by atoms with Gasteiger partial charge in [-0.15, -0.1) is 5.10 Å². The summed E-state index contributed by atoms with van der Waals surface area (Å²) in [4.78, 5) is 24.6. The van der Waals surface area contributed by atoms with E-state index in [9.17, 15) is 10.1 Å². The van der Waals surface area contributed by atoms with Gasteiger partial charge in [0.15, 0.2) is 0 Å². The third-order valence-electron chi connectivity index (χ3n) is 6.62. The topological polar surface area (TPSA) is 92.1 Å². The molecule has 0 unspecified atom stereocenters. The molecule has 0 N–H and O–H groups in total. The highest BCUT2D eigenvalue weighted by atomic mass is 16.2. The van der Waals surface area contributed by atoms with Gasteiger partial charge in [0.1, 0.15) is 5.82 Å². The molecular formula is C23H25N7O. The number of fused-ring (bicyclic) bond motifs is 2. The molecule has 3 aromatic heterocycles. The number of allylic oxidation sites excluding steroid dienone is 1. The SMILES string of the molecule is C=C(C)c1cnc2c(c1)CN(c1nc3nn(CC4(C#N)CC4)c(=O)n3c(C)c1C)CC2. The average molecular weight is 416 g/mol. The first-order valence-corrected chi connectivity index (χ1v) is 10.6. The number of rotatable bonds is 4. The van der Waals surface area contributed by atoms with Gasteiger partial charge in [0.25, 0.3) is 5.78 Å². The number of aryl methyl sites for hydroxylation is 1. The van der Waals surface area contributed by atoms with E-state index >= 15 is 0 Å². The van der Waals surface area contributed by atoms with Crippen molar-refractivity contribution in [2.24, 2.45) is 5.41 Å². The first kappa shape index (κ1) is 19.5. The standard InChI is InChI=1S/C23H25N7O/c1-14(2)17-9-18-11-28(8-5-19(18)25-10-17)20-15(3)16(4)30-21(26-20)27-29(22(30)31)13-23(12-24)6-7-23/h9-10H,1,5-8,11,13H2,2-4H3. The van der Waals surface area contributed by atoms with Crippen LogP contribution in [0, 0.1) is 30.6 Å². The van der Waals surface area contributed by atoms with Gasteiger partial charge in [-0.3, -0.25) is 4.98 Å². The van der Waals surface area contributed by atoms with Crippen LogP contribution in [0.15, 0.2) is 23.6 Å². The van der Waals surface area contributed by atoms with Crippen molar-refractivity contribution in [3.63, 3.8) is 0 Å². The molecule has 2 aliphatic rings. The second-order valence-electron chi connectivity index (χ2n) is 8.90. The molecule has 158 valence electrons. The summed E-state index contributed by atoms with van der Waals surface area (Å²) in [7, 11) is 0. The van der Waals surface area contributed by atoms with Crippen LogP contribution < -0.4 is 10.6 Å². The maximum absolute atomic E-state index is 13.0. The van der Waals surface area contributed by atoms with Crippen LogP contribution in [0.3, 0.4) is 0 Å². The molecule has 0 saturated heterocycles. The highest BCUT2D eigenvalue weighted by molar-refractivity contribution is 5.62. The fraction of sp³-hybridized carbons (Fsp3) is 0.435. The van der Waals surface area contributed by atoms with Crippen molar-refractivity contribution in [1.29, 1.82) is 5.26 Å². The van der Waals surface area contributed by atoms with Crippen LogP contribution in [-0.4, -0.2) is 30.7 Å². The molecule has 0 atom stereocenters. The smallest absolute Gasteiger partial charge is 0.351 e. The molecule has 8 heteroatoms. The van der Waals surface area contributed by atoms with Gasteiger partial charge in [0, 0.05) is 42.7 Å². The van der Waals surface area contributed by atoms with Crippen LogP contribution >= 0.6 is 0 Å². The van der Waals surface area contributed by atoms with Gasteiger partial charge in [-0.2, -0.15) is 10.2 Å². The molecule has 8 nitrogen and oxygen atoms in total. The van der Waals surface area contributed by atoms with Crippen molar-refractivity contribution < 1.29 is 0 Å². The number of anilines is 1. The highest BCUT2D eigenvalue weighted by Gasteiger charge is 2.44. The van der Waals surface area contributed by atoms with Crippen molar-refractivity contribution in [2.75, 3.05) is 11.4 Å². The van der Waals surface area contributed by atoms with Crippen molar-refractivity contribution in [2.45, 2.75) is 53.1 Å². The van der Waals surface area contributed by atoms with Gasteiger partial charge in [-0.05, 0) is 56.4 Å². The number of pyridine rings is 1. The van der Waals surface area contributed by atoms with Crippen molar-refractivity contribution >= 4 is 17.2 Å². The maximum atomic E-state index is 13.0. The number of aromatic nitrogens is 5. The van der Waals surface area contributed by atoms with E-state index in [1.165, 1.54) is 10.2 Å². The molecule has 1 fully saturated rings. The van der Waals surface area contributed by atoms with Gasteiger partial charge in [0.2, 0.25) is 0 Å². The number of nitrogens with zero attached hydrogens (tertiary/aromatic N) is 7. The van der Waals surface area contributed by atoms with E-state index in [-0.39, 0.29) is 5.69 Å². The molecule has 0 aromatic carbocycles. The lowest BCUT2D eigenvalue weighted by molar-refractivity contribution is 0.472. The van der Waals surface area contributed by atoms with Crippen LogP contribution in [0.2, 0.25) is 0 Å². The van der Waals surface area contributed by atoms with Crippen molar-refractivity contribution in [3.8, 4) is 6.07 Å². The van der Waals surface area contributed by atoms with Gasteiger partial charge in [-0.25, -0.2) is 13.9 Å². The molecule has 0 spiro atoms. The summed E-state index contributed by atoms with van der Waals surface area (Å²) >= 11 is 0. The van der Waals surface area contributed by atoms with Gasteiger partial charge in [0.05, 0.1) is 18.0 Å². The molecule has 31 heavy (non-hydrogen) atoms. The zero-order valence-electron chi connectivity index (χ0n) is 18.1. The summed E-state index contributed by atoms with van der Waals surface area (Å²) in [5.41, 5.74) is 5.46. The molecule has 1 aliphatic carbocycles. The molecule has 0 amide bonds. The van der Waals surface area contributed by atoms with Gasteiger partial charge >= 0.3 is 5.69 Å². The van der Waals surface area contributed by atoms with Crippen LogP contribution in [0.25, 0.3) is 11.4 Å². The molecule has 1 aliphatic heterocycles. The monoisotopic (exact) mass is 415 g/mol. The Morgan fingerprint density at radius 1 is 1.35 bits per heavy atom. The lowest BCUT2D eigenvalue weighted by atomic mass is 10.0. The highest BCUT2D eigenvalue weighted by Crippen LogP contribution is 2.46. The Labute approximate surface area is 180 Å². The summed E-state index contributed by atoms with van der Waals surface area (Å²) in [6, 6.07) is 4.49. The van der Waals surface area contributed by atoms with Crippen molar-refractivity contribution in [3.05, 3.63) is 57.4 Å².